The number of carbonyl (C=O) groups excluding carboxylic acids is 1. The first kappa shape index (κ1) is 14.2. The maximum absolute atomic E-state index is 12.1. The second-order valence-corrected chi connectivity index (χ2v) is 4.72. The normalized spacial score (nSPS) is 11.9. The van der Waals surface area contributed by atoms with Crippen LogP contribution in [0.4, 0.5) is 0 Å². The largest absolute Gasteiger partial charge is 0.349 e. The lowest BCUT2D eigenvalue weighted by Gasteiger charge is -2.15. The van der Waals surface area contributed by atoms with Gasteiger partial charge in [0.1, 0.15) is 0 Å². The molecular weight excluding hydrogens is 250 g/mol. The summed E-state index contributed by atoms with van der Waals surface area (Å²) in [5, 5.41) is 2.99. The molecule has 2 aromatic rings. The van der Waals surface area contributed by atoms with Gasteiger partial charge in [-0.15, -0.1) is 0 Å². The van der Waals surface area contributed by atoms with Gasteiger partial charge in [0, 0.05) is 18.9 Å². The van der Waals surface area contributed by atoms with E-state index < -0.39 is 0 Å². The third kappa shape index (κ3) is 3.65. The Morgan fingerprint density at radius 1 is 1.20 bits per heavy atom. The van der Waals surface area contributed by atoms with Gasteiger partial charge in [0.15, 0.2) is 0 Å². The van der Waals surface area contributed by atoms with Crippen LogP contribution in [-0.2, 0) is 17.8 Å². The van der Waals surface area contributed by atoms with E-state index in [-0.39, 0.29) is 11.9 Å². The van der Waals surface area contributed by atoms with E-state index in [0.29, 0.717) is 13.0 Å². The quantitative estimate of drug-likeness (QED) is 0.872. The van der Waals surface area contributed by atoms with Gasteiger partial charge in [0.2, 0.25) is 5.91 Å². The molecule has 0 bridgehead atoms. The molecule has 3 N–H and O–H groups in total. The molecule has 104 valence electrons. The molecule has 1 amide bonds. The average Bonchev–Trinajstić information content (AvgIpc) is 2.48. The number of nitrogens with one attached hydrogen (secondary N) is 1. The standard InChI is InChI=1S/C16H19N3O/c1-12(13-6-8-18-9-7-13)19-16(20)10-14-4-2-3-5-15(14)11-17/h2-9,12H,10-11,17H2,1H3,(H,19,20)/t12-/m1/s1. The summed E-state index contributed by atoms with van der Waals surface area (Å²) >= 11 is 0. The highest BCUT2D eigenvalue weighted by Crippen LogP contribution is 2.12. The van der Waals surface area contributed by atoms with Gasteiger partial charge in [-0.3, -0.25) is 9.78 Å². The maximum Gasteiger partial charge on any atom is 0.224 e. The molecule has 1 aromatic heterocycles. The van der Waals surface area contributed by atoms with Crippen LogP contribution in [0.3, 0.4) is 0 Å². The number of nitrogens with zero attached hydrogens (tertiary/aromatic N) is 1. The van der Waals surface area contributed by atoms with Crippen LogP contribution in [-0.4, -0.2) is 10.9 Å². The third-order valence-corrected chi connectivity index (χ3v) is 3.27. The number of aromatic nitrogens is 1. The van der Waals surface area contributed by atoms with Gasteiger partial charge in [-0.1, -0.05) is 24.3 Å². The number of amides is 1. The van der Waals surface area contributed by atoms with Crippen LogP contribution in [0.15, 0.2) is 48.8 Å². The molecular formula is C16H19N3O. The predicted octanol–water partition coefficient (Wildman–Crippen LogP) is 1.96. The number of nitrogens with two attached hydrogens (primary N) is 1. The van der Waals surface area contributed by atoms with Crippen molar-refractivity contribution in [2.24, 2.45) is 5.73 Å². The fourth-order valence-electron chi connectivity index (χ4n) is 2.13. The second kappa shape index (κ2) is 6.82. The van der Waals surface area contributed by atoms with Gasteiger partial charge in [0.25, 0.3) is 0 Å². The van der Waals surface area contributed by atoms with E-state index in [0.717, 1.165) is 16.7 Å². The smallest absolute Gasteiger partial charge is 0.224 e. The Morgan fingerprint density at radius 3 is 2.50 bits per heavy atom. The molecule has 0 radical (unpaired) electrons. The molecule has 4 nitrogen and oxygen atoms in total. The Balaban J connectivity index is 1.99. The number of carbonyl (C=O) groups is 1. The van der Waals surface area contributed by atoms with Crippen molar-refractivity contribution >= 4 is 5.91 Å². The number of hydrogen-bond acceptors (Lipinski definition) is 3. The highest BCUT2D eigenvalue weighted by molar-refractivity contribution is 5.79. The van der Waals surface area contributed by atoms with Gasteiger partial charge in [-0.2, -0.15) is 0 Å². The minimum atomic E-state index is -0.0319. The minimum Gasteiger partial charge on any atom is -0.349 e. The SMILES string of the molecule is C[C@@H](NC(=O)Cc1ccccc1CN)c1ccncc1. The van der Waals surface area contributed by atoms with E-state index in [9.17, 15) is 4.79 Å². The molecule has 0 saturated carbocycles. The summed E-state index contributed by atoms with van der Waals surface area (Å²) in [6.45, 7) is 2.41. The molecule has 2 rings (SSSR count). The van der Waals surface area contributed by atoms with Crippen molar-refractivity contribution in [2.75, 3.05) is 0 Å². The Hall–Kier alpha value is -2.20. The van der Waals surface area contributed by atoms with Crippen molar-refractivity contribution in [3.05, 3.63) is 65.5 Å². The van der Waals surface area contributed by atoms with Crippen molar-refractivity contribution in [2.45, 2.75) is 25.9 Å². The zero-order valence-corrected chi connectivity index (χ0v) is 11.5. The zero-order chi connectivity index (χ0) is 14.4. The molecule has 0 aliphatic heterocycles. The van der Waals surface area contributed by atoms with Crippen molar-refractivity contribution in [1.82, 2.24) is 10.3 Å². The van der Waals surface area contributed by atoms with Gasteiger partial charge >= 0.3 is 0 Å². The van der Waals surface area contributed by atoms with Crippen LogP contribution < -0.4 is 11.1 Å². The van der Waals surface area contributed by atoms with E-state index in [1.165, 1.54) is 0 Å². The third-order valence-electron chi connectivity index (χ3n) is 3.27. The first-order valence-corrected chi connectivity index (χ1v) is 6.67. The number of pyridine rings is 1. The topological polar surface area (TPSA) is 68.0 Å². The van der Waals surface area contributed by atoms with Gasteiger partial charge < -0.3 is 11.1 Å². The molecule has 0 aliphatic carbocycles. The second-order valence-electron chi connectivity index (χ2n) is 4.72. The van der Waals surface area contributed by atoms with E-state index >= 15 is 0 Å². The lowest BCUT2D eigenvalue weighted by atomic mass is 10.0. The Bertz CT molecular complexity index is 569. The van der Waals surface area contributed by atoms with Crippen LogP contribution in [0, 0.1) is 0 Å². The maximum atomic E-state index is 12.1. The Kier molecular flexibility index (Phi) is 4.85. The van der Waals surface area contributed by atoms with Crippen LogP contribution >= 0.6 is 0 Å². The fourth-order valence-corrected chi connectivity index (χ4v) is 2.13. The Labute approximate surface area is 119 Å². The molecule has 1 aromatic carbocycles. The molecule has 4 heteroatoms. The molecule has 20 heavy (non-hydrogen) atoms. The monoisotopic (exact) mass is 269 g/mol. The van der Waals surface area contributed by atoms with Crippen LogP contribution in [0.1, 0.15) is 29.7 Å². The Morgan fingerprint density at radius 2 is 1.85 bits per heavy atom. The van der Waals surface area contributed by atoms with Crippen molar-refractivity contribution in [3.8, 4) is 0 Å². The van der Waals surface area contributed by atoms with Gasteiger partial charge in [0.05, 0.1) is 12.5 Å². The molecule has 1 atom stereocenters. The molecule has 0 unspecified atom stereocenters. The zero-order valence-electron chi connectivity index (χ0n) is 11.5. The van der Waals surface area contributed by atoms with E-state index in [4.69, 9.17) is 5.73 Å². The van der Waals surface area contributed by atoms with E-state index in [1.807, 2.05) is 43.3 Å². The van der Waals surface area contributed by atoms with Gasteiger partial charge in [-0.25, -0.2) is 0 Å². The average molecular weight is 269 g/mol. The highest BCUT2D eigenvalue weighted by atomic mass is 16.1. The number of benzene rings is 1. The summed E-state index contributed by atoms with van der Waals surface area (Å²) in [7, 11) is 0. The van der Waals surface area contributed by atoms with Gasteiger partial charge in [-0.05, 0) is 35.7 Å². The molecule has 0 spiro atoms. The first-order valence-electron chi connectivity index (χ1n) is 6.67. The first-order chi connectivity index (χ1) is 9.70. The van der Waals surface area contributed by atoms with Crippen LogP contribution in [0.25, 0.3) is 0 Å². The van der Waals surface area contributed by atoms with Crippen LogP contribution in [0.5, 0.6) is 0 Å². The summed E-state index contributed by atoms with van der Waals surface area (Å²) in [5.41, 5.74) is 8.72. The number of rotatable bonds is 5. The summed E-state index contributed by atoms with van der Waals surface area (Å²) in [6, 6.07) is 11.5. The molecule has 0 aliphatic rings. The summed E-state index contributed by atoms with van der Waals surface area (Å²) in [6.07, 6.45) is 3.80. The predicted molar refractivity (Wildman–Crippen MR) is 78.8 cm³/mol. The summed E-state index contributed by atoms with van der Waals surface area (Å²) < 4.78 is 0. The minimum absolute atomic E-state index is 0.00443. The van der Waals surface area contributed by atoms with Crippen LogP contribution in [0.2, 0.25) is 0 Å². The lowest BCUT2D eigenvalue weighted by Crippen LogP contribution is -2.28. The van der Waals surface area contributed by atoms with Crippen molar-refractivity contribution in [1.29, 1.82) is 0 Å². The fraction of sp³-hybridized carbons (Fsp3) is 0.250. The highest BCUT2D eigenvalue weighted by Gasteiger charge is 2.11. The molecule has 0 fully saturated rings. The number of hydrogen-bond donors (Lipinski definition) is 2. The summed E-state index contributed by atoms with van der Waals surface area (Å²) in [5.74, 6) is -0.00443. The summed E-state index contributed by atoms with van der Waals surface area (Å²) in [4.78, 5) is 16.1. The van der Waals surface area contributed by atoms with E-state index in [2.05, 4.69) is 10.3 Å². The van der Waals surface area contributed by atoms with Crippen molar-refractivity contribution < 1.29 is 4.79 Å². The lowest BCUT2D eigenvalue weighted by molar-refractivity contribution is -0.121. The van der Waals surface area contributed by atoms with Crippen molar-refractivity contribution in [3.63, 3.8) is 0 Å². The van der Waals surface area contributed by atoms with E-state index in [1.54, 1.807) is 12.4 Å². The molecule has 0 saturated heterocycles. The molecule has 1 heterocycles.